The fourth-order valence-corrected chi connectivity index (χ4v) is 3.99. The van der Waals surface area contributed by atoms with Crippen LogP contribution in [0.25, 0.3) is 0 Å². The van der Waals surface area contributed by atoms with Gasteiger partial charge in [-0.05, 0) is 50.1 Å². The van der Waals surface area contributed by atoms with E-state index in [1.54, 1.807) is 11.4 Å². The first-order valence-electron chi connectivity index (χ1n) is 8.53. The van der Waals surface area contributed by atoms with Gasteiger partial charge in [0, 0.05) is 36.6 Å². The van der Waals surface area contributed by atoms with Gasteiger partial charge < -0.3 is 16.0 Å². The number of halogens is 1. The molecule has 0 radical (unpaired) electrons. The molecule has 1 atom stereocenters. The van der Waals surface area contributed by atoms with Gasteiger partial charge in [-0.1, -0.05) is 0 Å². The van der Waals surface area contributed by atoms with Gasteiger partial charge in [-0.25, -0.2) is 9.37 Å². The number of nitrogens with one attached hydrogen (secondary N) is 1. The molecule has 1 aliphatic heterocycles. The normalized spacial score (nSPS) is 17.6. The molecule has 7 heteroatoms. The van der Waals surface area contributed by atoms with Crippen molar-refractivity contribution in [1.82, 2.24) is 10.3 Å². The van der Waals surface area contributed by atoms with E-state index >= 15 is 0 Å². The molecule has 1 aromatic carbocycles. The first kappa shape index (κ1) is 17.8. The van der Waals surface area contributed by atoms with Gasteiger partial charge in [-0.2, -0.15) is 0 Å². The van der Waals surface area contributed by atoms with Gasteiger partial charge in [-0.3, -0.25) is 4.79 Å². The molecule has 25 heavy (non-hydrogen) atoms. The summed E-state index contributed by atoms with van der Waals surface area (Å²) in [6, 6.07) is 4.91. The molecule has 0 saturated carbocycles. The van der Waals surface area contributed by atoms with Crippen LogP contribution in [0, 0.1) is 12.7 Å². The summed E-state index contributed by atoms with van der Waals surface area (Å²) in [4.78, 5) is 19.0. The highest BCUT2D eigenvalue weighted by Gasteiger charge is 2.23. The summed E-state index contributed by atoms with van der Waals surface area (Å²) in [5.74, 6) is -0.359. The minimum absolute atomic E-state index is 0.0605. The Balaban J connectivity index is 1.63. The first-order chi connectivity index (χ1) is 12.1. The highest BCUT2D eigenvalue weighted by molar-refractivity contribution is 7.09. The quantitative estimate of drug-likeness (QED) is 0.857. The van der Waals surface area contributed by atoms with Crippen LogP contribution in [0.4, 0.5) is 10.1 Å². The molecule has 3 rings (SSSR count). The van der Waals surface area contributed by atoms with Gasteiger partial charge in [0.15, 0.2) is 0 Å². The zero-order valence-corrected chi connectivity index (χ0v) is 15.1. The van der Waals surface area contributed by atoms with Crippen molar-refractivity contribution in [2.24, 2.45) is 5.73 Å². The molecular weight excluding hydrogens is 339 g/mol. The number of thiazole rings is 1. The summed E-state index contributed by atoms with van der Waals surface area (Å²) in [7, 11) is 0. The number of hydrogen-bond donors (Lipinski definition) is 2. The second kappa shape index (κ2) is 7.93. The van der Waals surface area contributed by atoms with Gasteiger partial charge in [0.05, 0.1) is 5.01 Å². The summed E-state index contributed by atoms with van der Waals surface area (Å²) in [5.41, 5.74) is 7.93. The van der Waals surface area contributed by atoms with E-state index in [0.717, 1.165) is 42.2 Å². The van der Waals surface area contributed by atoms with Crippen LogP contribution < -0.4 is 16.0 Å². The predicted molar refractivity (Wildman–Crippen MR) is 98.7 cm³/mol. The van der Waals surface area contributed by atoms with Crippen LogP contribution in [0.15, 0.2) is 23.6 Å². The van der Waals surface area contributed by atoms with Crippen LogP contribution in [0.3, 0.4) is 0 Å². The molecule has 134 valence electrons. The van der Waals surface area contributed by atoms with Crippen molar-refractivity contribution >= 4 is 22.9 Å². The smallest absolute Gasteiger partial charge is 0.271 e. The fraction of sp³-hybridized carbons (Fsp3) is 0.444. The molecule has 2 heterocycles. The summed E-state index contributed by atoms with van der Waals surface area (Å²) >= 11 is 1.47. The zero-order valence-electron chi connectivity index (χ0n) is 14.3. The molecule has 2 aromatic rings. The van der Waals surface area contributed by atoms with Gasteiger partial charge in [0.25, 0.3) is 5.91 Å². The van der Waals surface area contributed by atoms with E-state index in [0.29, 0.717) is 18.7 Å². The number of nitrogens with two attached hydrogens (primary N) is 1. The molecule has 0 bridgehead atoms. The lowest BCUT2D eigenvalue weighted by Crippen LogP contribution is -2.48. The number of hydrogen-bond acceptors (Lipinski definition) is 5. The number of nitrogens with zero attached hydrogens (tertiary/aromatic N) is 2. The van der Waals surface area contributed by atoms with Crippen molar-refractivity contribution in [2.75, 3.05) is 24.5 Å². The maximum Gasteiger partial charge on any atom is 0.271 e. The topological polar surface area (TPSA) is 71.2 Å². The van der Waals surface area contributed by atoms with Crippen molar-refractivity contribution < 1.29 is 9.18 Å². The summed E-state index contributed by atoms with van der Waals surface area (Å²) in [5, 5.41) is 5.75. The number of carbonyl (C=O) groups excluding carboxylic acids is 1. The molecular formula is C18H23FN4OS. The largest absolute Gasteiger partial charge is 0.369 e. The number of piperidine rings is 1. The molecule has 0 aliphatic carbocycles. The van der Waals surface area contributed by atoms with Crippen molar-refractivity contribution in [2.45, 2.75) is 32.2 Å². The van der Waals surface area contributed by atoms with Crippen LogP contribution in [-0.2, 0) is 6.42 Å². The second-order valence-electron chi connectivity index (χ2n) is 6.35. The number of aromatic nitrogens is 1. The van der Waals surface area contributed by atoms with Crippen LogP contribution in [0.1, 0.15) is 33.9 Å². The third kappa shape index (κ3) is 4.35. The Labute approximate surface area is 151 Å². The monoisotopic (exact) mass is 362 g/mol. The summed E-state index contributed by atoms with van der Waals surface area (Å²) < 4.78 is 13.3. The Bertz CT molecular complexity index is 748. The van der Waals surface area contributed by atoms with Crippen molar-refractivity contribution in [3.63, 3.8) is 0 Å². The lowest BCUT2D eigenvalue weighted by molar-refractivity contribution is 0.0928. The Morgan fingerprint density at radius 1 is 1.52 bits per heavy atom. The Morgan fingerprint density at radius 3 is 3.12 bits per heavy atom. The summed E-state index contributed by atoms with van der Waals surface area (Å²) in [6.07, 6.45) is 2.61. The van der Waals surface area contributed by atoms with Crippen molar-refractivity contribution in [3.05, 3.63) is 45.7 Å². The third-order valence-electron chi connectivity index (χ3n) is 4.40. The number of rotatable bonds is 5. The number of anilines is 1. The average molecular weight is 362 g/mol. The fourth-order valence-electron chi connectivity index (χ4n) is 3.20. The number of amides is 1. The number of carbonyl (C=O) groups is 1. The molecule has 1 aromatic heterocycles. The van der Waals surface area contributed by atoms with E-state index < -0.39 is 0 Å². The van der Waals surface area contributed by atoms with Gasteiger partial charge >= 0.3 is 0 Å². The molecule has 1 amide bonds. The van der Waals surface area contributed by atoms with E-state index in [2.05, 4.69) is 15.2 Å². The van der Waals surface area contributed by atoms with Crippen LogP contribution in [0.5, 0.6) is 0 Å². The third-order valence-corrected chi connectivity index (χ3v) is 5.31. The SMILES string of the molecule is Cc1cc(F)ccc1N1CCCC(NC(=O)c2csc(CCN)n2)C1. The van der Waals surface area contributed by atoms with Crippen LogP contribution >= 0.6 is 11.3 Å². The molecule has 3 N–H and O–H groups in total. The van der Waals surface area contributed by atoms with E-state index in [9.17, 15) is 9.18 Å². The standard InChI is InChI=1S/C18H23FN4OS/c1-12-9-13(19)4-5-16(12)23-8-2-3-14(10-23)21-18(24)15-11-25-17(22-15)6-7-20/h4-5,9,11,14H,2-3,6-8,10,20H2,1H3,(H,21,24). The van der Waals surface area contributed by atoms with E-state index in [1.165, 1.54) is 17.4 Å². The zero-order chi connectivity index (χ0) is 17.8. The molecule has 1 saturated heterocycles. The minimum atomic E-state index is -0.222. The predicted octanol–water partition coefficient (Wildman–Crippen LogP) is 2.49. The Morgan fingerprint density at radius 2 is 2.36 bits per heavy atom. The summed E-state index contributed by atoms with van der Waals surface area (Å²) in [6.45, 7) is 4.08. The van der Waals surface area contributed by atoms with E-state index in [4.69, 9.17) is 5.73 Å². The van der Waals surface area contributed by atoms with E-state index in [1.807, 2.05) is 13.0 Å². The Kier molecular flexibility index (Phi) is 5.65. The van der Waals surface area contributed by atoms with Gasteiger partial charge in [0.2, 0.25) is 0 Å². The van der Waals surface area contributed by atoms with Crippen LogP contribution in [-0.4, -0.2) is 36.6 Å². The minimum Gasteiger partial charge on any atom is -0.369 e. The number of aryl methyl sites for hydroxylation is 1. The maximum atomic E-state index is 13.3. The van der Waals surface area contributed by atoms with Gasteiger partial charge in [0.1, 0.15) is 11.5 Å². The lowest BCUT2D eigenvalue weighted by Gasteiger charge is -2.35. The molecule has 5 nitrogen and oxygen atoms in total. The second-order valence-corrected chi connectivity index (χ2v) is 7.30. The van der Waals surface area contributed by atoms with Crippen LogP contribution in [0.2, 0.25) is 0 Å². The highest BCUT2D eigenvalue weighted by Crippen LogP contribution is 2.24. The van der Waals surface area contributed by atoms with Crippen molar-refractivity contribution in [1.29, 1.82) is 0 Å². The molecule has 1 unspecified atom stereocenters. The highest BCUT2D eigenvalue weighted by atomic mass is 32.1. The molecule has 0 spiro atoms. The first-order valence-corrected chi connectivity index (χ1v) is 9.41. The Hall–Kier alpha value is -1.99. The van der Waals surface area contributed by atoms with E-state index in [-0.39, 0.29) is 17.8 Å². The maximum absolute atomic E-state index is 13.3. The molecule has 1 fully saturated rings. The number of benzene rings is 1. The van der Waals surface area contributed by atoms with Crippen molar-refractivity contribution in [3.8, 4) is 0 Å². The average Bonchev–Trinajstić information content (AvgIpc) is 3.04. The lowest BCUT2D eigenvalue weighted by atomic mass is 10.0. The molecule has 1 aliphatic rings. The van der Waals surface area contributed by atoms with Gasteiger partial charge in [-0.15, -0.1) is 11.3 Å².